The number of anilines is 1. The monoisotopic (exact) mass is 297 g/mol. The molecular weight excluding hydrogens is 282 g/mol. The minimum atomic E-state index is -3.50. The van der Waals surface area contributed by atoms with Crippen molar-refractivity contribution in [2.24, 2.45) is 0 Å². The molecule has 2 N–H and O–H groups in total. The van der Waals surface area contributed by atoms with Crippen molar-refractivity contribution in [3.63, 3.8) is 0 Å². The maximum absolute atomic E-state index is 12.0. The second kappa shape index (κ2) is 6.14. The van der Waals surface area contributed by atoms with Gasteiger partial charge in [-0.3, -0.25) is 0 Å². The van der Waals surface area contributed by atoms with Crippen LogP contribution in [0.4, 0.5) is 5.82 Å². The molecule has 2 rings (SSSR count). The molecule has 0 saturated heterocycles. The number of thiophene rings is 1. The van der Waals surface area contributed by atoms with Crippen LogP contribution in [-0.4, -0.2) is 19.9 Å². The molecule has 0 aliphatic carbocycles. The lowest BCUT2D eigenvalue weighted by atomic mass is 10.4. The van der Waals surface area contributed by atoms with Crippen LogP contribution in [0.1, 0.15) is 12.5 Å². The van der Waals surface area contributed by atoms with E-state index in [4.69, 9.17) is 0 Å². The first kappa shape index (κ1) is 14.0. The van der Waals surface area contributed by atoms with E-state index in [0.717, 1.165) is 12.1 Å². The number of aromatic nitrogens is 1. The van der Waals surface area contributed by atoms with Gasteiger partial charge in [0.2, 0.25) is 10.0 Å². The van der Waals surface area contributed by atoms with E-state index in [1.54, 1.807) is 12.1 Å². The smallest absolute Gasteiger partial charge is 0.242 e. The number of nitrogens with zero attached hydrogens (tertiary/aromatic N) is 1. The largest absolute Gasteiger partial charge is 0.370 e. The number of rotatable bonds is 6. The third-order valence-corrected chi connectivity index (χ3v) is 4.57. The van der Waals surface area contributed by atoms with Crippen molar-refractivity contribution in [2.75, 3.05) is 11.9 Å². The summed E-state index contributed by atoms with van der Waals surface area (Å²) in [5.41, 5.74) is 0.950. The maximum atomic E-state index is 12.0. The molecule has 2 aromatic heterocycles. The summed E-state index contributed by atoms with van der Waals surface area (Å²) in [6.45, 7) is 2.99. The standard InChI is InChI=1S/C12H15N3O2S2/c1-2-13-12-4-3-11(8-14-12)19(16,17)15-7-10-5-6-18-9-10/h3-6,8-9,15H,2,7H2,1H3,(H,13,14). The van der Waals surface area contributed by atoms with Gasteiger partial charge in [0.15, 0.2) is 0 Å². The van der Waals surface area contributed by atoms with Crippen molar-refractivity contribution in [3.8, 4) is 0 Å². The molecule has 7 heteroatoms. The fraction of sp³-hybridized carbons (Fsp3) is 0.250. The van der Waals surface area contributed by atoms with E-state index < -0.39 is 10.0 Å². The zero-order valence-electron chi connectivity index (χ0n) is 10.5. The summed E-state index contributed by atoms with van der Waals surface area (Å²) in [5, 5.41) is 6.84. The highest BCUT2D eigenvalue weighted by Gasteiger charge is 2.14. The van der Waals surface area contributed by atoms with Crippen LogP contribution in [0.15, 0.2) is 40.1 Å². The summed E-state index contributed by atoms with van der Waals surface area (Å²) in [6.07, 6.45) is 1.36. The number of nitrogens with one attached hydrogen (secondary N) is 2. The molecule has 102 valence electrons. The molecule has 2 heterocycles. The summed E-state index contributed by atoms with van der Waals surface area (Å²) in [7, 11) is -3.50. The molecular formula is C12H15N3O2S2. The minimum Gasteiger partial charge on any atom is -0.370 e. The van der Waals surface area contributed by atoms with E-state index in [0.29, 0.717) is 12.4 Å². The number of pyridine rings is 1. The number of hydrogen-bond acceptors (Lipinski definition) is 5. The van der Waals surface area contributed by atoms with Gasteiger partial charge in [0, 0.05) is 19.3 Å². The summed E-state index contributed by atoms with van der Waals surface area (Å²) in [5.74, 6) is 0.666. The molecule has 0 unspecified atom stereocenters. The van der Waals surface area contributed by atoms with Crippen LogP contribution < -0.4 is 10.0 Å². The molecule has 0 fully saturated rings. The van der Waals surface area contributed by atoms with Gasteiger partial charge in [0.25, 0.3) is 0 Å². The molecule has 19 heavy (non-hydrogen) atoms. The zero-order chi connectivity index (χ0) is 13.7. The van der Waals surface area contributed by atoms with Gasteiger partial charge in [-0.1, -0.05) is 0 Å². The van der Waals surface area contributed by atoms with E-state index in [1.165, 1.54) is 17.5 Å². The molecule has 0 aliphatic heterocycles. The Morgan fingerprint density at radius 3 is 2.74 bits per heavy atom. The Balaban J connectivity index is 2.06. The van der Waals surface area contributed by atoms with Crippen LogP contribution in [0.5, 0.6) is 0 Å². The predicted molar refractivity (Wildman–Crippen MR) is 76.7 cm³/mol. The predicted octanol–water partition coefficient (Wildman–Crippen LogP) is 2.05. The molecule has 0 bridgehead atoms. The fourth-order valence-corrected chi connectivity index (χ4v) is 3.11. The summed E-state index contributed by atoms with van der Waals surface area (Å²) >= 11 is 1.54. The average Bonchev–Trinajstić information content (AvgIpc) is 2.91. The Kier molecular flexibility index (Phi) is 4.52. The van der Waals surface area contributed by atoms with Crippen LogP contribution in [0.25, 0.3) is 0 Å². The van der Waals surface area contributed by atoms with Crippen LogP contribution in [0.2, 0.25) is 0 Å². The minimum absolute atomic E-state index is 0.171. The first-order chi connectivity index (χ1) is 9.12. The summed E-state index contributed by atoms with van der Waals surface area (Å²) < 4.78 is 26.6. The lowest BCUT2D eigenvalue weighted by Gasteiger charge is -2.07. The number of sulfonamides is 1. The van der Waals surface area contributed by atoms with Gasteiger partial charge in [-0.2, -0.15) is 11.3 Å². The van der Waals surface area contributed by atoms with Gasteiger partial charge in [-0.05, 0) is 41.4 Å². The zero-order valence-corrected chi connectivity index (χ0v) is 12.1. The van der Waals surface area contributed by atoms with Crippen molar-refractivity contribution in [1.82, 2.24) is 9.71 Å². The molecule has 0 radical (unpaired) electrons. The summed E-state index contributed by atoms with van der Waals surface area (Å²) in [6, 6.07) is 5.09. The van der Waals surface area contributed by atoms with Gasteiger partial charge in [-0.25, -0.2) is 18.1 Å². The molecule has 5 nitrogen and oxygen atoms in total. The van der Waals surface area contributed by atoms with Crippen molar-refractivity contribution in [2.45, 2.75) is 18.4 Å². The fourth-order valence-electron chi connectivity index (χ4n) is 1.48. The summed E-state index contributed by atoms with van der Waals surface area (Å²) in [4.78, 5) is 4.22. The molecule has 0 amide bonds. The van der Waals surface area contributed by atoms with Crippen molar-refractivity contribution < 1.29 is 8.42 Å². The Morgan fingerprint density at radius 2 is 2.16 bits per heavy atom. The van der Waals surface area contributed by atoms with Crippen LogP contribution >= 0.6 is 11.3 Å². The van der Waals surface area contributed by atoms with E-state index in [1.807, 2.05) is 23.8 Å². The maximum Gasteiger partial charge on any atom is 0.242 e. The van der Waals surface area contributed by atoms with E-state index in [9.17, 15) is 8.42 Å². The van der Waals surface area contributed by atoms with E-state index in [2.05, 4.69) is 15.0 Å². The Hall–Kier alpha value is -1.44. The lowest BCUT2D eigenvalue weighted by molar-refractivity contribution is 0.581. The molecule has 0 saturated carbocycles. The van der Waals surface area contributed by atoms with Crippen LogP contribution in [-0.2, 0) is 16.6 Å². The molecule has 2 aromatic rings. The van der Waals surface area contributed by atoms with E-state index in [-0.39, 0.29) is 4.90 Å². The van der Waals surface area contributed by atoms with Crippen molar-refractivity contribution >= 4 is 27.2 Å². The first-order valence-corrected chi connectivity index (χ1v) is 8.25. The van der Waals surface area contributed by atoms with Crippen LogP contribution in [0, 0.1) is 0 Å². The van der Waals surface area contributed by atoms with Crippen molar-refractivity contribution in [3.05, 3.63) is 40.7 Å². The van der Waals surface area contributed by atoms with Crippen molar-refractivity contribution in [1.29, 1.82) is 0 Å². The normalized spacial score (nSPS) is 11.4. The average molecular weight is 297 g/mol. The highest BCUT2D eigenvalue weighted by molar-refractivity contribution is 7.89. The van der Waals surface area contributed by atoms with Gasteiger partial charge in [0.1, 0.15) is 10.7 Å². The Bertz CT molecular complexity index is 607. The SMILES string of the molecule is CCNc1ccc(S(=O)(=O)NCc2ccsc2)cn1. The van der Waals surface area contributed by atoms with Gasteiger partial charge in [0.05, 0.1) is 0 Å². The highest BCUT2D eigenvalue weighted by atomic mass is 32.2. The van der Waals surface area contributed by atoms with Crippen LogP contribution in [0.3, 0.4) is 0 Å². The molecule has 0 aliphatic rings. The number of hydrogen-bond donors (Lipinski definition) is 2. The molecule has 0 aromatic carbocycles. The topological polar surface area (TPSA) is 71.1 Å². The molecule has 0 spiro atoms. The first-order valence-electron chi connectivity index (χ1n) is 5.82. The van der Waals surface area contributed by atoms with Gasteiger partial charge < -0.3 is 5.32 Å². The lowest BCUT2D eigenvalue weighted by Crippen LogP contribution is -2.23. The second-order valence-electron chi connectivity index (χ2n) is 3.87. The van der Waals surface area contributed by atoms with Gasteiger partial charge in [-0.15, -0.1) is 0 Å². The highest BCUT2D eigenvalue weighted by Crippen LogP contribution is 2.12. The second-order valence-corrected chi connectivity index (χ2v) is 6.41. The molecule has 0 atom stereocenters. The van der Waals surface area contributed by atoms with E-state index >= 15 is 0 Å². The third kappa shape index (κ3) is 3.76. The Labute approximate surface area is 116 Å². The third-order valence-electron chi connectivity index (χ3n) is 2.45. The van der Waals surface area contributed by atoms with Gasteiger partial charge >= 0.3 is 0 Å². The Morgan fingerprint density at radius 1 is 1.32 bits per heavy atom. The quantitative estimate of drug-likeness (QED) is 0.856.